The van der Waals surface area contributed by atoms with Crippen molar-refractivity contribution in [1.82, 2.24) is 29.0 Å². The second-order valence-corrected chi connectivity index (χ2v) is 7.72. The number of carbonyl (C=O) groups is 1. The smallest absolute Gasteiger partial charge is 0.219 e. The van der Waals surface area contributed by atoms with E-state index in [2.05, 4.69) is 9.88 Å². The molecule has 5 rings (SSSR count). The molecule has 0 unspecified atom stereocenters. The molecule has 3 aromatic heterocycles. The van der Waals surface area contributed by atoms with Crippen LogP contribution in [-0.4, -0.2) is 61.1 Å². The third-order valence-corrected chi connectivity index (χ3v) is 5.92. The Labute approximate surface area is 163 Å². The number of carbonyl (C=O) groups excluding carboxylic acids is 1. The number of imidazole rings is 1. The molecule has 1 amide bonds. The Balaban J connectivity index is 1.62. The Kier molecular flexibility index (Phi) is 4.07. The van der Waals surface area contributed by atoms with Crippen LogP contribution >= 0.6 is 0 Å². The largest absolute Gasteiger partial charge is 0.353 e. The summed E-state index contributed by atoms with van der Waals surface area (Å²) in [6.45, 7) is 4.79. The highest BCUT2D eigenvalue weighted by atomic mass is 16.2. The number of rotatable bonds is 2. The molecule has 146 valence electrons. The molecule has 8 nitrogen and oxygen atoms in total. The number of hydrogen-bond acceptors (Lipinski definition) is 5. The van der Waals surface area contributed by atoms with E-state index >= 15 is 0 Å². The van der Waals surface area contributed by atoms with Gasteiger partial charge in [0.25, 0.3) is 0 Å². The lowest BCUT2D eigenvalue weighted by atomic mass is 9.96. The van der Waals surface area contributed by atoms with Crippen molar-refractivity contribution in [3.63, 3.8) is 0 Å². The van der Waals surface area contributed by atoms with Gasteiger partial charge in [0.05, 0.1) is 0 Å². The zero-order valence-electron chi connectivity index (χ0n) is 16.4. The van der Waals surface area contributed by atoms with Crippen LogP contribution in [0.4, 0.5) is 5.82 Å². The average Bonchev–Trinajstić information content (AvgIpc) is 3.31. The quantitative estimate of drug-likeness (QED) is 0.677. The average molecular weight is 379 g/mol. The first-order valence-electron chi connectivity index (χ1n) is 10.0. The van der Waals surface area contributed by atoms with E-state index in [-0.39, 0.29) is 5.91 Å². The number of anilines is 1. The Hall–Kier alpha value is -2.90. The number of nitrogens with zero attached hydrogens (tertiary/aromatic N) is 7. The molecule has 1 fully saturated rings. The van der Waals surface area contributed by atoms with Gasteiger partial charge in [-0.15, -0.1) is 0 Å². The Morgan fingerprint density at radius 3 is 2.61 bits per heavy atom. The zero-order valence-corrected chi connectivity index (χ0v) is 16.4. The van der Waals surface area contributed by atoms with Gasteiger partial charge in [0.15, 0.2) is 11.5 Å². The van der Waals surface area contributed by atoms with E-state index in [0.717, 1.165) is 62.0 Å². The highest BCUT2D eigenvalue weighted by molar-refractivity contribution is 5.73. The first-order valence-corrected chi connectivity index (χ1v) is 10.0. The van der Waals surface area contributed by atoms with Crippen LogP contribution in [0.1, 0.15) is 31.0 Å². The number of fused-ring (bicyclic) bond motifs is 2. The fourth-order valence-electron chi connectivity index (χ4n) is 4.41. The predicted molar refractivity (Wildman–Crippen MR) is 106 cm³/mol. The molecule has 0 radical (unpaired) electrons. The van der Waals surface area contributed by atoms with Crippen molar-refractivity contribution < 1.29 is 4.79 Å². The lowest BCUT2D eigenvalue weighted by Gasteiger charge is -2.37. The summed E-state index contributed by atoms with van der Waals surface area (Å²) < 4.78 is 3.98. The minimum atomic E-state index is 0.151. The number of aryl methyl sites for hydroxylation is 2. The Morgan fingerprint density at radius 1 is 1.11 bits per heavy atom. The first kappa shape index (κ1) is 17.2. The summed E-state index contributed by atoms with van der Waals surface area (Å²) >= 11 is 0. The molecule has 8 heteroatoms. The minimum Gasteiger partial charge on any atom is -0.353 e. The molecule has 3 aromatic rings. The Morgan fingerprint density at radius 2 is 1.89 bits per heavy atom. The van der Waals surface area contributed by atoms with E-state index in [1.165, 1.54) is 24.1 Å². The maximum atomic E-state index is 11.7. The summed E-state index contributed by atoms with van der Waals surface area (Å²) in [5, 5.41) is 4.90. The lowest BCUT2D eigenvalue weighted by Crippen LogP contribution is -2.49. The van der Waals surface area contributed by atoms with Gasteiger partial charge in [-0.25, -0.2) is 9.97 Å². The van der Waals surface area contributed by atoms with Gasteiger partial charge < -0.3 is 14.4 Å². The molecule has 1 aliphatic heterocycles. The van der Waals surface area contributed by atoms with E-state index in [0.29, 0.717) is 0 Å². The van der Waals surface area contributed by atoms with Crippen molar-refractivity contribution in [3.8, 4) is 11.5 Å². The van der Waals surface area contributed by atoms with Crippen molar-refractivity contribution in [1.29, 1.82) is 0 Å². The molecule has 28 heavy (non-hydrogen) atoms. The molecule has 0 aromatic carbocycles. The molecule has 1 aliphatic carbocycles. The van der Waals surface area contributed by atoms with Crippen molar-refractivity contribution in [2.24, 2.45) is 7.05 Å². The second kappa shape index (κ2) is 6.61. The third-order valence-electron chi connectivity index (χ3n) is 5.92. The van der Waals surface area contributed by atoms with Crippen molar-refractivity contribution in [2.75, 3.05) is 31.1 Å². The van der Waals surface area contributed by atoms with Crippen LogP contribution in [-0.2, 0) is 24.7 Å². The summed E-state index contributed by atoms with van der Waals surface area (Å²) in [6.07, 6.45) is 8.16. The molecule has 0 atom stereocenters. The van der Waals surface area contributed by atoms with E-state index in [1.807, 2.05) is 33.3 Å². The zero-order chi connectivity index (χ0) is 19.3. The van der Waals surface area contributed by atoms with E-state index in [1.54, 1.807) is 13.1 Å². The molecule has 4 heterocycles. The topological polar surface area (TPSA) is 71.6 Å². The summed E-state index contributed by atoms with van der Waals surface area (Å²) in [5.74, 6) is 2.15. The van der Waals surface area contributed by atoms with Crippen LogP contribution in [0.3, 0.4) is 0 Å². The van der Waals surface area contributed by atoms with Crippen molar-refractivity contribution in [2.45, 2.75) is 32.6 Å². The van der Waals surface area contributed by atoms with E-state index in [9.17, 15) is 4.79 Å². The van der Waals surface area contributed by atoms with Crippen LogP contribution in [0.5, 0.6) is 0 Å². The van der Waals surface area contributed by atoms with Crippen LogP contribution in [0.15, 0.2) is 18.5 Å². The second-order valence-electron chi connectivity index (χ2n) is 7.72. The maximum Gasteiger partial charge on any atom is 0.219 e. The third kappa shape index (κ3) is 2.75. The molecule has 2 aliphatic rings. The van der Waals surface area contributed by atoms with Gasteiger partial charge in [0, 0.05) is 69.9 Å². The van der Waals surface area contributed by atoms with Gasteiger partial charge in [0.2, 0.25) is 5.91 Å². The summed E-state index contributed by atoms with van der Waals surface area (Å²) in [7, 11) is 1.98. The summed E-state index contributed by atoms with van der Waals surface area (Å²) in [6, 6.07) is 2.03. The molecule has 0 saturated carbocycles. The van der Waals surface area contributed by atoms with Crippen LogP contribution in [0.25, 0.3) is 17.2 Å². The van der Waals surface area contributed by atoms with Crippen LogP contribution < -0.4 is 4.90 Å². The number of piperazine rings is 1. The van der Waals surface area contributed by atoms with Crippen LogP contribution in [0.2, 0.25) is 0 Å². The van der Waals surface area contributed by atoms with Gasteiger partial charge in [-0.05, 0) is 25.7 Å². The molecule has 0 bridgehead atoms. The highest BCUT2D eigenvalue weighted by Gasteiger charge is 2.27. The maximum absolute atomic E-state index is 11.7. The van der Waals surface area contributed by atoms with E-state index in [4.69, 9.17) is 10.1 Å². The predicted octanol–water partition coefficient (Wildman–Crippen LogP) is 1.68. The number of aromatic nitrogens is 5. The summed E-state index contributed by atoms with van der Waals surface area (Å²) in [4.78, 5) is 25.4. The summed E-state index contributed by atoms with van der Waals surface area (Å²) in [5.41, 5.74) is 4.24. The first-order chi connectivity index (χ1) is 13.6. The molecular weight excluding hydrogens is 354 g/mol. The minimum absolute atomic E-state index is 0.151. The fraction of sp³-hybridized carbons (Fsp3) is 0.500. The standard InChI is InChI=1S/C20H25N7O/c1-14(28)25-9-11-26(12-10-25)20-15-5-3-4-6-16(15)22-18-13-17(23-27(18)20)19-21-7-8-24(19)2/h7-8,13H,3-6,9-12H2,1-2H3. The van der Waals surface area contributed by atoms with Gasteiger partial charge in [0.1, 0.15) is 11.5 Å². The van der Waals surface area contributed by atoms with Crippen LogP contribution in [0, 0.1) is 0 Å². The van der Waals surface area contributed by atoms with Gasteiger partial charge in [-0.3, -0.25) is 4.79 Å². The molecular formula is C20H25N7O. The van der Waals surface area contributed by atoms with E-state index < -0.39 is 0 Å². The van der Waals surface area contributed by atoms with Gasteiger partial charge >= 0.3 is 0 Å². The highest BCUT2D eigenvalue weighted by Crippen LogP contribution is 2.32. The molecule has 0 spiro atoms. The fourth-order valence-corrected chi connectivity index (χ4v) is 4.41. The van der Waals surface area contributed by atoms with Crippen molar-refractivity contribution >= 4 is 17.4 Å². The van der Waals surface area contributed by atoms with Crippen molar-refractivity contribution in [3.05, 3.63) is 29.7 Å². The Bertz CT molecular complexity index is 1040. The molecule has 0 N–H and O–H groups in total. The van der Waals surface area contributed by atoms with Gasteiger partial charge in [-0.1, -0.05) is 0 Å². The SMILES string of the molecule is CC(=O)N1CCN(c2c3c(nc4cc(-c5nccn5C)nn24)CCCC3)CC1. The lowest BCUT2D eigenvalue weighted by molar-refractivity contribution is -0.129. The normalized spacial score (nSPS) is 17.2. The number of amides is 1. The van der Waals surface area contributed by atoms with Gasteiger partial charge in [-0.2, -0.15) is 9.61 Å². The molecule has 1 saturated heterocycles. The monoisotopic (exact) mass is 379 g/mol. The number of hydrogen-bond donors (Lipinski definition) is 0.